The van der Waals surface area contributed by atoms with Crippen molar-refractivity contribution in [2.45, 2.75) is 19.8 Å². The molecule has 2 heteroatoms. The monoisotopic (exact) mass is 160 g/mol. The van der Waals surface area contributed by atoms with Gasteiger partial charge in [0.2, 0.25) is 0 Å². The molecule has 0 amide bonds. The minimum atomic E-state index is 0.305. The SMILES string of the molecule is C=C.CSCCCC(C)=O. The van der Waals surface area contributed by atoms with E-state index in [0.717, 1.165) is 18.6 Å². The first kappa shape index (κ1) is 12.4. The molecule has 0 atom stereocenters. The number of rotatable bonds is 4. The lowest BCUT2D eigenvalue weighted by Crippen LogP contribution is -1.89. The van der Waals surface area contributed by atoms with Gasteiger partial charge in [0, 0.05) is 6.42 Å². The van der Waals surface area contributed by atoms with E-state index in [1.54, 1.807) is 18.7 Å². The topological polar surface area (TPSA) is 17.1 Å². The predicted octanol–water partition coefficient (Wildman–Crippen LogP) is 2.52. The van der Waals surface area contributed by atoms with Crippen LogP contribution in [0.15, 0.2) is 13.2 Å². The molecule has 0 aromatic rings. The summed E-state index contributed by atoms with van der Waals surface area (Å²) in [6, 6.07) is 0. The van der Waals surface area contributed by atoms with Crippen LogP contribution in [0.25, 0.3) is 0 Å². The lowest BCUT2D eigenvalue weighted by atomic mass is 10.3. The molecule has 0 aromatic heterocycles. The van der Waals surface area contributed by atoms with Gasteiger partial charge in [0.1, 0.15) is 5.78 Å². The van der Waals surface area contributed by atoms with Crippen LogP contribution in [0.1, 0.15) is 19.8 Å². The van der Waals surface area contributed by atoms with E-state index in [2.05, 4.69) is 19.4 Å². The minimum Gasteiger partial charge on any atom is -0.300 e. The Balaban J connectivity index is 0. The molecule has 0 aliphatic carbocycles. The number of hydrogen-bond acceptors (Lipinski definition) is 2. The lowest BCUT2D eigenvalue weighted by Gasteiger charge is -1.90. The summed E-state index contributed by atoms with van der Waals surface area (Å²) in [5, 5.41) is 0. The van der Waals surface area contributed by atoms with Crippen LogP contribution >= 0.6 is 11.8 Å². The van der Waals surface area contributed by atoms with Gasteiger partial charge in [-0.25, -0.2) is 0 Å². The van der Waals surface area contributed by atoms with Crippen LogP contribution in [0.4, 0.5) is 0 Å². The second-order valence-corrected chi connectivity index (χ2v) is 2.78. The van der Waals surface area contributed by atoms with Crippen LogP contribution in [0.3, 0.4) is 0 Å². The molecular weight excluding hydrogens is 144 g/mol. The van der Waals surface area contributed by atoms with Crippen molar-refractivity contribution in [3.8, 4) is 0 Å². The van der Waals surface area contributed by atoms with Gasteiger partial charge in [-0.05, 0) is 25.4 Å². The second kappa shape index (κ2) is 11.5. The van der Waals surface area contributed by atoms with Crippen molar-refractivity contribution in [2.75, 3.05) is 12.0 Å². The van der Waals surface area contributed by atoms with Crippen molar-refractivity contribution >= 4 is 17.5 Å². The summed E-state index contributed by atoms with van der Waals surface area (Å²) in [5.41, 5.74) is 0. The minimum absolute atomic E-state index is 0.305. The standard InChI is InChI=1S/C6H12OS.C2H4/c1-6(7)4-3-5-8-2;1-2/h3-5H2,1-2H3;1-2H2. The highest BCUT2D eigenvalue weighted by atomic mass is 32.2. The maximum Gasteiger partial charge on any atom is 0.129 e. The molecule has 0 fully saturated rings. The van der Waals surface area contributed by atoms with Crippen molar-refractivity contribution in [2.24, 2.45) is 0 Å². The van der Waals surface area contributed by atoms with Crippen molar-refractivity contribution in [1.29, 1.82) is 0 Å². The van der Waals surface area contributed by atoms with Crippen LogP contribution in [0.5, 0.6) is 0 Å². The highest BCUT2D eigenvalue weighted by molar-refractivity contribution is 7.98. The Morgan fingerprint density at radius 2 is 2.00 bits per heavy atom. The summed E-state index contributed by atoms with van der Waals surface area (Å²) >= 11 is 1.79. The molecule has 0 aliphatic heterocycles. The van der Waals surface area contributed by atoms with Crippen molar-refractivity contribution in [3.63, 3.8) is 0 Å². The first-order valence-corrected chi connectivity index (χ1v) is 4.65. The number of hydrogen-bond donors (Lipinski definition) is 0. The van der Waals surface area contributed by atoms with Gasteiger partial charge < -0.3 is 4.79 Å². The summed E-state index contributed by atoms with van der Waals surface area (Å²) in [7, 11) is 0. The second-order valence-electron chi connectivity index (χ2n) is 1.80. The molecular formula is C8H16OS. The molecule has 1 nitrogen and oxygen atoms in total. The third kappa shape index (κ3) is 15.7. The van der Waals surface area contributed by atoms with Crippen molar-refractivity contribution in [1.82, 2.24) is 0 Å². The average Bonchev–Trinajstić information content (AvgIpc) is 1.92. The molecule has 0 unspecified atom stereocenters. The Hall–Kier alpha value is -0.240. The molecule has 0 saturated carbocycles. The smallest absolute Gasteiger partial charge is 0.129 e. The molecule has 0 heterocycles. The van der Waals surface area contributed by atoms with Gasteiger partial charge in [-0.15, -0.1) is 13.2 Å². The van der Waals surface area contributed by atoms with Gasteiger partial charge in [0.05, 0.1) is 0 Å². The summed E-state index contributed by atoms with van der Waals surface area (Å²) in [6.07, 6.45) is 3.84. The predicted molar refractivity (Wildman–Crippen MR) is 49.6 cm³/mol. The van der Waals surface area contributed by atoms with E-state index in [9.17, 15) is 4.79 Å². The number of carbonyl (C=O) groups is 1. The summed E-state index contributed by atoms with van der Waals surface area (Å²) in [6.45, 7) is 7.64. The highest BCUT2D eigenvalue weighted by Crippen LogP contribution is 1.98. The largest absolute Gasteiger partial charge is 0.300 e. The molecule has 0 bridgehead atoms. The Morgan fingerprint density at radius 1 is 1.50 bits per heavy atom. The van der Waals surface area contributed by atoms with Crippen molar-refractivity contribution < 1.29 is 4.79 Å². The summed E-state index contributed by atoms with van der Waals surface area (Å²) < 4.78 is 0. The Kier molecular flexibility index (Phi) is 14.4. The quantitative estimate of drug-likeness (QED) is 0.464. The Morgan fingerprint density at radius 3 is 2.30 bits per heavy atom. The summed E-state index contributed by atoms with van der Waals surface area (Å²) in [4.78, 5) is 10.3. The zero-order chi connectivity index (χ0) is 8.41. The fourth-order valence-corrected chi connectivity index (χ4v) is 0.898. The van der Waals surface area contributed by atoms with Gasteiger partial charge in [0.25, 0.3) is 0 Å². The number of thioether (sulfide) groups is 1. The normalized spacial score (nSPS) is 7.80. The number of carbonyl (C=O) groups excluding carboxylic acids is 1. The van der Waals surface area contributed by atoms with E-state index in [-0.39, 0.29) is 0 Å². The first-order chi connectivity index (χ1) is 4.77. The molecule has 0 aromatic carbocycles. The van der Waals surface area contributed by atoms with Crippen LogP contribution < -0.4 is 0 Å². The van der Waals surface area contributed by atoms with E-state index in [0.29, 0.717) is 5.78 Å². The third-order valence-corrected chi connectivity index (χ3v) is 1.57. The molecule has 60 valence electrons. The maximum atomic E-state index is 10.3. The van der Waals surface area contributed by atoms with Crippen molar-refractivity contribution in [3.05, 3.63) is 13.2 Å². The Bertz CT molecular complexity index is 81.3. The molecule has 0 rings (SSSR count). The number of ketones is 1. The zero-order valence-corrected chi connectivity index (χ0v) is 7.67. The molecule has 10 heavy (non-hydrogen) atoms. The third-order valence-electron chi connectivity index (χ3n) is 0.877. The zero-order valence-electron chi connectivity index (χ0n) is 6.85. The molecule has 0 radical (unpaired) electrons. The Labute approximate surface area is 67.9 Å². The summed E-state index contributed by atoms with van der Waals surface area (Å²) in [5.74, 6) is 1.42. The van der Waals surface area contributed by atoms with Crippen LogP contribution in [0, 0.1) is 0 Å². The highest BCUT2D eigenvalue weighted by Gasteiger charge is 1.89. The van der Waals surface area contributed by atoms with Gasteiger partial charge in [-0.1, -0.05) is 0 Å². The average molecular weight is 160 g/mol. The molecule has 0 aliphatic rings. The van der Waals surface area contributed by atoms with Gasteiger partial charge >= 0.3 is 0 Å². The van der Waals surface area contributed by atoms with Gasteiger partial charge in [-0.2, -0.15) is 11.8 Å². The fourth-order valence-electron chi connectivity index (χ4n) is 0.465. The van der Waals surface area contributed by atoms with Gasteiger partial charge in [-0.3, -0.25) is 0 Å². The number of Topliss-reactive ketones (excluding diaryl/α,β-unsaturated/α-hetero) is 1. The van der Waals surface area contributed by atoms with Crippen LogP contribution in [-0.2, 0) is 4.79 Å². The molecule has 0 spiro atoms. The fraction of sp³-hybridized carbons (Fsp3) is 0.625. The lowest BCUT2D eigenvalue weighted by molar-refractivity contribution is -0.117. The van der Waals surface area contributed by atoms with Gasteiger partial charge in [0.15, 0.2) is 0 Å². The van der Waals surface area contributed by atoms with E-state index < -0.39 is 0 Å². The van der Waals surface area contributed by atoms with E-state index in [4.69, 9.17) is 0 Å². The van der Waals surface area contributed by atoms with E-state index in [1.807, 2.05) is 0 Å². The van der Waals surface area contributed by atoms with Crippen LogP contribution in [-0.4, -0.2) is 17.8 Å². The van der Waals surface area contributed by atoms with Crippen LogP contribution in [0.2, 0.25) is 0 Å². The molecule has 0 saturated heterocycles. The first-order valence-electron chi connectivity index (χ1n) is 3.25. The van der Waals surface area contributed by atoms with E-state index >= 15 is 0 Å². The molecule has 0 N–H and O–H groups in total. The maximum absolute atomic E-state index is 10.3. The van der Waals surface area contributed by atoms with E-state index in [1.165, 1.54) is 0 Å².